The molecule has 0 spiro atoms. The Morgan fingerprint density at radius 1 is 1.29 bits per heavy atom. The second kappa shape index (κ2) is 6.66. The maximum absolute atomic E-state index is 5.32. The van der Waals surface area contributed by atoms with E-state index in [0.717, 1.165) is 50.0 Å². The van der Waals surface area contributed by atoms with E-state index in [9.17, 15) is 0 Å². The number of thiol groups is 1. The number of nitrogens with one attached hydrogen (secondary N) is 2. The molecule has 0 aromatic carbocycles. The van der Waals surface area contributed by atoms with Gasteiger partial charge in [0.1, 0.15) is 18.0 Å². The molecular weight excluding hydrogens is 236 g/mol. The highest BCUT2D eigenvalue weighted by Crippen LogP contribution is 2.14. The third kappa shape index (κ3) is 4.05. The van der Waals surface area contributed by atoms with Gasteiger partial charge in [-0.1, -0.05) is 0 Å². The van der Waals surface area contributed by atoms with Gasteiger partial charge in [0, 0.05) is 37.6 Å². The lowest BCUT2D eigenvalue weighted by atomic mass is 10.1. The molecule has 6 heteroatoms. The molecule has 1 saturated heterocycles. The molecule has 2 heterocycles. The first kappa shape index (κ1) is 12.4. The molecule has 0 aliphatic carbocycles. The second-order valence-electron chi connectivity index (χ2n) is 3.97. The molecule has 0 amide bonds. The summed E-state index contributed by atoms with van der Waals surface area (Å²) < 4.78 is 5.32. The predicted molar refractivity (Wildman–Crippen MR) is 71.8 cm³/mol. The van der Waals surface area contributed by atoms with Crippen LogP contribution in [0.1, 0.15) is 12.8 Å². The van der Waals surface area contributed by atoms with Gasteiger partial charge < -0.3 is 15.4 Å². The fourth-order valence-electron chi connectivity index (χ4n) is 1.77. The molecular formula is C11H18N4OS. The van der Waals surface area contributed by atoms with Crippen molar-refractivity contribution in [2.75, 3.05) is 36.1 Å². The van der Waals surface area contributed by atoms with Crippen LogP contribution in [-0.4, -0.2) is 41.5 Å². The van der Waals surface area contributed by atoms with Crippen LogP contribution in [0.5, 0.6) is 0 Å². The summed E-state index contributed by atoms with van der Waals surface area (Å²) in [4.78, 5) is 8.37. The Morgan fingerprint density at radius 2 is 2.06 bits per heavy atom. The summed E-state index contributed by atoms with van der Waals surface area (Å²) in [6.45, 7) is 2.46. The van der Waals surface area contributed by atoms with Crippen LogP contribution in [0.25, 0.3) is 0 Å². The standard InChI is InChI=1S/C11H18N4OS/c17-6-3-12-10-7-11(14-8-13-10)15-9-1-4-16-5-2-9/h7-9,17H,1-6H2,(H2,12,13,14,15). The minimum atomic E-state index is 0.455. The summed E-state index contributed by atoms with van der Waals surface area (Å²) in [7, 11) is 0. The number of nitrogens with zero attached hydrogens (tertiary/aromatic N) is 2. The van der Waals surface area contributed by atoms with Crippen molar-refractivity contribution in [1.29, 1.82) is 0 Å². The number of rotatable bonds is 5. The van der Waals surface area contributed by atoms with Gasteiger partial charge in [0.05, 0.1) is 0 Å². The van der Waals surface area contributed by atoms with Crippen molar-refractivity contribution in [3.05, 3.63) is 12.4 Å². The van der Waals surface area contributed by atoms with E-state index in [4.69, 9.17) is 4.74 Å². The molecule has 2 rings (SSSR count). The van der Waals surface area contributed by atoms with Gasteiger partial charge in [0.25, 0.3) is 0 Å². The summed E-state index contributed by atoms with van der Waals surface area (Å²) in [6.07, 6.45) is 3.63. The van der Waals surface area contributed by atoms with Gasteiger partial charge in [-0.2, -0.15) is 12.6 Å². The lowest BCUT2D eigenvalue weighted by Crippen LogP contribution is -2.28. The summed E-state index contributed by atoms with van der Waals surface area (Å²) >= 11 is 4.15. The van der Waals surface area contributed by atoms with Crippen molar-refractivity contribution >= 4 is 24.3 Å². The molecule has 2 N–H and O–H groups in total. The van der Waals surface area contributed by atoms with Crippen LogP contribution in [0.3, 0.4) is 0 Å². The van der Waals surface area contributed by atoms with Crippen molar-refractivity contribution in [2.24, 2.45) is 0 Å². The summed E-state index contributed by atoms with van der Waals surface area (Å²) in [5, 5.41) is 6.59. The van der Waals surface area contributed by atoms with E-state index in [1.165, 1.54) is 0 Å². The van der Waals surface area contributed by atoms with Gasteiger partial charge >= 0.3 is 0 Å². The minimum Gasteiger partial charge on any atom is -0.381 e. The van der Waals surface area contributed by atoms with E-state index in [-0.39, 0.29) is 0 Å². The molecule has 1 fully saturated rings. The first-order valence-electron chi connectivity index (χ1n) is 5.89. The maximum atomic E-state index is 5.32. The topological polar surface area (TPSA) is 59.1 Å². The van der Waals surface area contributed by atoms with Crippen LogP contribution in [-0.2, 0) is 4.74 Å². The molecule has 0 radical (unpaired) electrons. The summed E-state index contributed by atoms with van der Waals surface area (Å²) in [5.41, 5.74) is 0. The molecule has 5 nitrogen and oxygen atoms in total. The summed E-state index contributed by atoms with van der Waals surface area (Å²) in [6, 6.07) is 2.38. The van der Waals surface area contributed by atoms with Crippen molar-refractivity contribution in [3.63, 3.8) is 0 Å². The zero-order valence-electron chi connectivity index (χ0n) is 9.72. The number of anilines is 2. The van der Waals surface area contributed by atoms with Crippen LogP contribution in [0.4, 0.5) is 11.6 Å². The third-order valence-corrected chi connectivity index (χ3v) is 2.88. The normalized spacial score (nSPS) is 16.8. The quantitative estimate of drug-likeness (QED) is 0.694. The average Bonchev–Trinajstić information content (AvgIpc) is 2.38. The van der Waals surface area contributed by atoms with Crippen molar-refractivity contribution in [3.8, 4) is 0 Å². The van der Waals surface area contributed by atoms with Gasteiger partial charge in [-0.3, -0.25) is 0 Å². The molecule has 1 aliphatic heterocycles. The molecule has 1 aliphatic rings. The van der Waals surface area contributed by atoms with E-state index in [0.29, 0.717) is 6.04 Å². The molecule has 0 atom stereocenters. The molecule has 0 unspecified atom stereocenters. The molecule has 1 aromatic heterocycles. The monoisotopic (exact) mass is 254 g/mol. The van der Waals surface area contributed by atoms with E-state index >= 15 is 0 Å². The Balaban J connectivity index is 1.90. The van der Waals surface area contributed by atoms with Crippen molar-refractivity contribution in [2.45, 2.75) is 18.9 Å². The first-order valence-corrected chi connectivity index (χ1v) is 6.53. The second-order valence-corrected chi connectivity index (χ2v) is 4.42. The highest BCUT2D eigenvalue weighted by Gasteiger charge is 2.13. The Kier molecular flexibility index (Phi) is 4.88. The van der Waals surface area contributed by atoms with Crippen molar-refractivity contribution in [1.82, 2.24) is 9.97 Å². The van der Waals surface area contributed by atoms with Gasteiger partial charge in [0.15, 0.2) is 0 Å². The predicted octanol–water partition coefficient (Wildman–Crippen LogP) is 1.41. The van der Waals surface area contributed by atoms with Crippen molar-refractivity contribution < 1.29 is 4.74 Å². The fourth-order valence-corrected chi connectivity index (χ4v) is 1.88. The lowest BCUT2D eigenvalue weighted by Gasteiger charge is -2.23. The number of hydrogen-bond acceptors (Lipinski definition) is 6. The number of ether oxygens (including phenoxy) is 1. The van der Waals surface area contributed by atoms with Crippen LogP contribution < -0.4 is 10.6 Å². The number of hydrogen-bond donors (Lipinski definition) is 3. The Bertz CT molecular complexity index is 344. The smallest absolute Gasteiger partial charge is 0.131 e. The average molecular weight is 254 g/mol. The van der Waals surface area contributed by atoms with E-state index in [2.05, 4.69) is 33.2 Å². The zero-order valence-corrected chi connectivity index (χ0v) is 10.6. The largest absolute Gasteiger partial charge is 0.381 e. The molecule has 1 aromatic rings. The molecule has 0 bridgehead atoms. The zero-order chi connectivity index (χ0) is 11.9. The van der Waals surface area contributed by atoms with Gasteiger partial charge in [-0.05, 0) is 12.8 Å². The summed E-state index contributed by atoms with van der Waals surface area (Å²) in [5.74, 6) is 2.49. The molecule has 94 valence electrons. The Morgan fingerprint density at radius 3 is 2.82 bits per heavy atom. The lowest BCUT2D eigenvalue weighted by molar-refractivity contribution is 0.0904. The van der Waals surface area contributed by atoms with Gasteiger partial charge in [-0.15, -0.1) is 0 Å². The SMILES string of the molecule is SCCNc1cc(NC2CCOCC2)ncn1. The Hall–Kier alpha value is -1.01. The first-order chi connectivity index (χ1) is 8.38. The van der Waals surface area contributed by atoms with Crippen LogP contribution >= 0.6 is 12.6 Å². The van der Waals surface area contributed by atoms with Crippen LogP contribution in [0, 0.1) is 0 Å². The third-order valence-electron chi connectivity index (χ3n) is 2.66. The fraction of sp³-hybridized carbons (Fsp3) is 0.636. The Labute approximate surface area is 107 Å². The maximum Gasteiger partial charge on any atom is 0.131 e. The van der Waals surface area contributed by atoms with Crippen LogP contribution in [0.2, 0.25) is 0 Å². The highest BCUT2D eigenvalue weighted by atomic mass is 32.1. The minimum absolute atomic E-state index is 0.455. The van der Waals surface area contributed by atoms with Gasteiger partial charge in [-0.25, -0.2) is 9.97 Å². The number of aromatic nitrogens is 2. The molecule has 17 heavy (non-hydrogen) atoms. The van der Waals surface area contributed by atoms with Gasteiger partial charge in [0.2, 0.25) is 0 Å². The van der Waals surface area contributed by atoms with Crippen LogP contribution in [0.15, 0.2) is 12.4 Å². The van der Waals surface area contributed by atoms with E-state index in [1.54, 1.807) is 6.33 Å². The molecule has 0 saturated carbocycles. The van der Waals surface area contributed by atoms with E-state index in [1.807, 2.05) is 6.07 Å². The highest BCUT2D eigenvalue weighted by molar-refractivity contribution is 7.80. The van der Waals surface area contributed by atoms with E-state index < -0.39 is 0 Å².